The van der Waals surface area contributed by atoms with Crippen molar-refractivity contribution < 1.29 is 14.7 Å². The van der Waals surface area contributed by atoms with Crippen molar-refractivity contribution in [2.24, 2.45) is 11.8 Å². The van der Waals surface area contributed by atoms with Gasteiger partial charge in [0.05, 0.1) is 17.0 Å². The highest BCUT2D eigenvalue weighted by molar-refractivity contribution is 6.04. The zero-order valence-corrected chi connectivity index (χ0v) is 9.27. The lowest BCUT2D eigenvalue weighted by atomic mass is 10.1. The molecule has 2 atom stereocenters. The average Bonchev–Trinajstić information content (AvgIpc) is 3.03. The predicted octanol–water partition coefficient (Wildman–Crippen LogP) is 0.760. The molecule has 0 saturated heterocycles. The standard InChI is InChI=1S/C12H10N2O4/c15-10(6-4-7(6)11(16)17)5-1-2-8-9(3-5)14-12(18)13-8/h1-3,6-7H,4H2,(H,16,17)(H2,13,14,18). The van der Waals surface area contributed by atoms with Crippen LogP contribution in [0.25, 0.3) is 11.0 Å². The number of carboxylic acids is 1. The van der Waals surface area contributed by atoms with Crippen molar-refractivity contribution in [1.29, 1.82) is 0 Å². The van der Waals surface area contributed by atoms with E-state index >= 15 is 0 Å². The highest BCUT2D eigenvalue weighted by Crippen LogP contribution is 2.41. The van der Waals surface area contributed by atoms with Gasteiger partial charge in [-0.05, 0) is 24.6 Å². The second kappa shape index (κ2) is 3.56. The molecule has 1 aromatic heterocycles. The summed E-state index contributed by atoms with van der Waals surface area (Å²) in [6, 6.07) is 4.82. The Kier molecular flexibility index (Phi) is 2.13. The molecular formula is C12H10N2O4. The van der Waals surface area contributed by atoms with Crippen LogP contribution in [0.3, 0.4) is 0 Å². The lowest BCUT2D eigenvalue weighted by Crippen LogP contribution is -2.08. The van der Waals surface area contributed by atoms with Crippen LogP contribution in [0.2, 0.25) is 0 Å². The van der Waals surface area contributed by atoms with E-state index in [1.54, 1.807) is 18.2 Å². The van der Waals surface area contributed by atoms with E-state index in [0.29, 0.717) is 23.0 Å². The van der Waals surface area contributed by atoms with Gasteiger partial charge >= 0.3 is 11.7 Å². The normalized spacial score (nSPS) is 22.0. The summed E-state index contributed by atoms with van der Waals surface area (Å²) in [5, 5.41) is 8.79. The van der Waals surface area contributed by atoms with Crippen molar-refractivity contribution in [3.63, 3.8) is 0 Å². The second-order valence-corrected chi connectivity index (χ2v) is 4.49. The largest absolute Gasteiger partial charge is 0.481 e. The monoisotopic (exact) mass is 246 g/mol. The first kappa shape index (κ1) is 10.8. The van der Waals surface area contributed by atoms with E-state index < -0.39 is 17.8 Å². The summed E-state index contributed by atoms with van der Waals surface area (Å²) in [6.45, 7) is 0. The smallest absolute Gasteiger partial charge is 0.323 e. The quantitative estimate of drug-likeness (QED) is 0.695. The fourth-order valence-corrected chi connectivity index (χ4v) is 2.16. The molecule has 6 nitrogen and oxygen atoms in total. The van der Waals surface area contributed by atoms with Gasteiger partial charge in [0.1, 0.15) is 0 Å². The Hall–Kier alpha value is -2.37. The van der Waals surface area contributed by atoms with Crippen LogP contribution in [0.15, 0.2) is 23.0 Å². The number of carboxylic acid groups (broad SMARTS) is 1. The number of rotatable bonds is 3. The van der Waals surface area contributed by atoms with Gasteiger partial charge in [-0.15, -0.1) is 0 Å². The SMILES string of the molecule is O=C(O)C1CC1C(=O)c1ccc2[nH]c(=O)[nH]c2c1. The molecule has 6 heteroatoms. The number of benzene rings is 1. The second-order valence-electron chi connectivity index (χ2n) is 4.49. The molecule has 0 aliphatic heterocycles. The molecule has 0 amide bonds. The minimum Gasteiger partial charge on any atom is -0.481 e. The molecule has 1 aliphatic carbocycles. The summed E-state index contributed by atoms with van der Waals surface area (Å²) in [7, 11) is 0. The van der Waals surface area contributed by atoms with Gasteiger partial charge in [-0.25, -0.2) is 4.79 Å². The van der Waals surface area contributed by atoms with E-state index in [2.05, 4.69) is 9.97 Å². The van der Waals surface area contributed by atoms with Crippen LogP contribution in [0.4, 0.5) is 0 Å². The number of H-pyrrole nitrogens is 2. The van der Waals surface area contributed by atoms with Crippen molar-refractivity contribution >= 4 is 22.8 Å². The third kappa shape index (κ3) is 1.62. The van der Waals surface area contributed by atoms with Gasteiger partial charge < -0.3 is 15.1 Å². The number of ketones is 1. The molecule has 1 saturated carbocycles. The fraction of sp³-hybridized carbons (Fsp3) is 0.250. The number of hydrogen-bond donors (Lipinski definition) is 3. The number of aromatic amines is 2. The highest BCUT2D eigenvalue weighted by atomic mass is 16.4. The molecule has 1 aromatic carbocycles. The maximum Gasteiger partial charge on any atom is 0.323 e. The number of Topliss-reactive ketones (excluding diaryl/α,β-unsaturated/α-hetero) is 1. The zero-order valence-electron chi connectivity index (χ0n) is 9.27. The van der Waals surface area contributed by atoms with E-state index in [9.17, 15) is 14.4 Å². The van der Waals surface area contributed by atoms with Gasteiger partial charge in [-0.2, -0.15) is 0 Å². The van der Waals surface area contributed by atoms with E-state index in [1.807, 2.05) is 0 Å². The molecule has 1 fully saturated rings. The molecule has 3 N–H and O–H groups in total. The van der Waals surface area contributed by atoms with Gasteiger partial charge in [0.15, 0.2) is 5.78 Å². The van der Waals surface area contributed by atoms with Gasteiger partial charge in [-0.3, -0.25) is 9.59 Å². The van der Waals surface area contributed by atoms with Crippen LogP contribution < -0.4 is 5.69 Å². The molecule has 3 rings (SSSR count). The summed E-state index contributed by atoms with van der Waals surface area (Å²) in [6.07, 6.45) is 0.399. The molecule has 1 aliphatic rings. The highest BCUT2D eigenvalue weighted by Gasteiger charge is 2.48. The lowest BCUT2D eigenvalue weighted by molar-refractivity contribution is -0.138. The molecular weight excluding hydrogens is 236 g/mol. The average molecular weight is 246 g/mol. The number of imidazole rings is 1. The van der Waals surface area contributed by atoms with Crippen molar-refractivity contribution in [3.8, 4) is 0 Å². The van der Waals surface area contributed by atoms with E-state index in [-0.39, 0.29) is 11.5 Å². The molecule has 0 bridgehead atoms. The van der Waals surface area contributed by atoms with Crippen LogP contribution in [0, 0.1) is 11.8 Å². The number of carbonyl (C=O) groups excluding carboxylic acids is 1. The van der Waals surface area contributed by atoms with Crippen molar-refractivity contribution in [3.05, 3.63) is 34.2 Å². The van der Waals surface area contributed by atoms with Crippen molar-refractivity contribution in [2.45, 2.75) is 6.42 Å². The molecule has 2 aromatic rings. The van der Waals surface area contributed by atoms with E-state index in [4.69, 9.17) is 5.11 Å². The molecule has 0 radical (unpaired) electrons. The Morgan fingerprint density at radius 2 is 1.89 bits per heavy atom. The van der Waals surface area contributed by atoms with E-state index in [0.717, 1.165) is 0 Å². The predicted molar refractivity (Wildman–Crippen MR) is 62.5 cm³/mol. The lowest BCUT2D eigenvalue weighted by Gasteiger charge is -1.99. The Labute approximate surface area is 101 Å². The Balaban J connectivity index is 1.93. The third-order valence-corrected chi connectivity index (χ3v) is 3.24. The Morgan fingerprint density at radius 1 is 1.17 bits per heavy atom. The number of carbonyl (C=O) groups is 2. The summed E-state index contributed by atoms with van der Waals surface area (Å²) >= 11 is 0. The van der Waals surface area contributed by atoms with Crippen molar-refractivity contribution in [2.75, 3.05) is 0 Å². The summed E-state index contributed by atoms with van der Waals surface area (Å²) in [5.41, 5.74) is 1.29. The fourth-order valence-electron chi connectivity index (χ4n) is 2.16. The first-order valence-electron chi connectivity index (χ1n) is 5.55. The zero-order chi connectivity index (χ0) is 12.9. The van der Waals surface area contributed by atoms with E-state index in [1.165, 1.54) is 0 Å². The van der Waals surface area contributed by atoms with Gasteiger partial charge in [0, 0.05) is 11.5 Å². The molecule has 18 heavy (non-hydrogen) atoms. The number of nitrogens with one attached hydrogen (secondary N) is 2. The Bertz CT molecular complexity index is 712. The minimum absolute atomic E-state index is 0.175. The molecule has 0 spiro atoms. The van der Waals surface area contributed by atoms with Gasteiger partial charge in [0.2, 0.25) is 0 Å². The Morgan fingerprint density at radius 3 is 2.56 bits per heavy atom. The number of hydrogen-bond acceptors (Lipinski definition) is 3. The van der Waals surface area contributed by atoms with Crippen LogP contribution in [-0.2, 0) is 4.79 Å². The summed E-state index contributed by atoms with van der Waals surface area (Å²) < 4.78 is 0. The van der Waals surface area contributed by atoms with Crippen LogP contribution in [-0.4, -0.2) is 26.8 Å². The molecule has 92 valence electrons. The molecule has 2 unspecified atom stereocenters. The summed E-state index contributed by atoms with van der Waals surface area (Å²) in [5.74, 6) is -2.08. The van der Waals surface area contributed by atoms with Crippen molar-refractivity contribution in [1.82, 2.24) is 9.97 Å². The maximum atomic E-state index is 12.0. The first-order chi connectivity index (χ1) is 8.56. The molecule has 1 heterocycles. The van der Waals surface area contributed by atoms with Crippen LogP contribution in [0.5, 0.6) is 0 Å². The van der Waals surface area contributed by atoms with Crippen LogP contribution >= 0.6 is 0 Å². The minimum atomic E-state index is -0.926. The number of aliphatic carboxylic acids is 1. The van der Waals surface area contributed by atoms with Crippen LogP contribution in [0.1, 0.15) is 16.8 Å². The summed E-state index contributed by atoms with van der Waals surface area (Å²) in [4.78, 5) is 39.0. The third-order valence-electron chi connectivity index (χ3n) is 3.24. The van der Waals surface area contributed by atoms with Gasteiger partial charge in [-0.1, -0.05) is 0 Å². The maximum absolute atomic E-state index is 12.0. The number of fused-ring (bicyclic) bond motifs is 1. The topological polar surface area (TPSA) is 103 Å². The van der Waals surface area contributed by atoms with Gasteiger partial charge in [0.25, 0.3) is 0 Å². The first-order valence-corrected chi connectivity index (χ1v) is 5.55. The number of aromatic nitrogens is 2.